The molecule has 0 aliphatic carbocycles. The summed E-state index contributed by atoms with van der Waals surface area (Å²) in [6.07, 6.45) is 1.42. The molecule has 0 atom stereocenters. The van der Waals surface area contributed by atoms with E-state index in [2.05, 4.69) is 20.8 Å². The molecule has 0 unspecified atom stereocenters. The number of nitrogens with one attached hydrogen (secondary N) is 3. The molecule has 2 amide bonds. The molecule has 25 heavy (non-hydrogen) atoms. The molecule has 7 heteroatoms. The third-order valence-electron chi connectivity index (χ3n) is 3.59. The van der Waals surface area contributed by atoms with E-state index in [1.807, 2.05) is 13.8 Å². The first kappa shape index (κ1) is 16.5. The van der Waals surface area contributed by atoms with Crippen molar-refractivity contribution in [2.24, 2.45) is 0 Å². The summed E-state index contributed by atoms with van der Waals surface area (Å²) < 4.78 is 5.04. The Bertz CT molecular complexity index is 881. The van der Waals surface area contributed by atoms with Crippen LogP contribution >= 0.6 is 0 Å². The summed E-state index contributed by atoms with van der Waals surface area (Å²) >= 11 is 0. The fourth-order valence-electron chi connectivity index (χ4n) is 2.22. The van der Waals surface area contributed by atoms with Gasteiger partial charge in [-0.3, -0.25) is 14.7 Å². The summed E-state index contributed by atoms with van der Waals surface area (Å²) in [5.74, 6) is 0.261. The second-order valence-corrected chi connectivity index (χ2v) is 5.83. The van der Waals surface area contributed by atoms with Crippen molar-refractivity contribution < 1.29 is 14.0 Å². The zero-order valence-electron chi connectivity index (χ0n) is 13.9. The van der Waals surface area contributed by atoms with Crippen LogP contribution < -0.4 is 10.6 Å². The number of carbonyl (C=O) groups excluding carboxylic acids is 2. The van der Waals surface area contributed by atoms with Crippen LogP contribution in [0.4, 0.5) is 11.5 Å². The topological polar surface area (TPSA) is 100 Å². The van der Waals surface area contributed by atoms with Crippen molar-refractivity contribution in [3.63, 3.8) is 0 Å². The standard InChI is InChI=1S/C18H18N4O3/c1-11(2)14-10-16(22-21-14)20-17(23)12-5-3-6-13(9-12)19-18(24)15-7-4-8-25-15/h3-11H,1-2H3,(H,19,24)(H2,20,21,22,23). The largest absolute Gasteiger partial charge is 0.459 e. The molecule has 0 spiro atoms. The van der Waals surface area contributed by atoms with Gasteiger partial charge in [0.15, 0.2) is 11.6 Å². The summed E-state index contributed by atoms with van der Waals surface area (Å²) in [7, 11) is 0. The average Bonchev–Trinajstić information content (AvgIpc) is 3.27. The quantitative estimate of drug-likeness (QED) is 0.661. The molecule has 7 nitrogen and oxygen atoms in total. The third kappa shape index (κ3) is 3.95. The van der Waals surface area contributed by atoms with Crippen LogP contribution in [0.3, 0.4) is 0 Å². The van der Waals surface area contributed by atoms with E-state index < -0.39 is 0 Å². The Kier molecular flexibility index (Phi) is 4.65. The van der Waals surface area contributed by atoms with E-state index in [1.54, 1.807) is 42.5 Å². The van der Waals surface area contributed by atoms with Gasteiger partial charge in [0.1, 0.15) is 0 Å². The van der Waals surface area contributed by atoms with Gasteiger partial charge in [0.25, 0.3) is 11.8 Å². The smallest absolute Gasteiger partial charge is 0.291 e. The molecular formula is C18H18N4O3. The number of nitrogens with zero attached hydrogens (tertiary/aromatic N) is 1. The summed E-state index contributed by atoms with van der Waals surface area (Å²) in [5, 5.41) is 12.4. The van der Waals surface area contributed by atoms with Crippen LogP contribution in [0.5, 0.6) is 0 Å². The van der Waals surface area contributed by atoms with Crippen LogP contribution in [-0.4, -0.2) is 22.0 Å². The van der Waals surface area contributed by atoms with Crippen molar-refractivity contribution in [2.75, 3.05) is 10.6 Å². The van der Waals surface area contributed by atoms with Crippen molar-refractivity contribution in [3.8, 4) is 0 Å². The summed E-state index contributed by atoms with van der Waals surface area (Å²) in [6.45, 7) is 4.06. The number of aromatic nitrogens is 2. The SMILES string of the molecule is CC(C)c1cc(NC(=O)c2cccc(NC(=O)c3ccco3)c2)n[nH]1. The molecule has 2 aromatic heterocycles. The van der Waals surface area contributed by atoms with E-state index in [4.69, 9.17) is 4.42 Å². The molecule has 0 radical (unpaired) electrons. The van der Waals surface area contributed by atoms with Gasteiger partial charge >= 0.3 is 0 Å². The minimum absolute atomic E-state index is 0.201. The first-order valence-electron chi connectivity index (χ1n) is 7.84. The van der Waals surface area contributed by atoms with Crippen LogP contribution in [-0.2, 0) is 0 Å². The summed E-state index contributed by atoms with van der Waals surface area (Å²) in [5.41, 5.74) is 1.85. The van der Waals surface area contributed by atoms with Crippen molar-refractivity contribution in [1.82, 2.24) is 10.2 Å². The first-order valence-corrected chi connectivity index (χ1v) is 7.84. The van der Waals surface area contributed by atoms with E-state index >= 15 is 0 Å². The van der Waals surface area contributed by atoms with Gasteiger partial charge in [-0.05, 0) is 36.2 Å². The maximum absolute atomic E-state index is 12.4. The Balaban J connectivity index is 1.69. The Morgan fingerprint density at radius 2 is 1.92 bits per heavy atom. The lowest BCUT2D eigenvalue weighted by Gasteiger charge is -2.06. The van der Waals surface area contributed by atoms with Gasteiger partial charge in [-0.2, -0.15) is 5.10 Å². The highest BCUT2D eigenvalue weighted by Crippen LogP contribution is 2.17. The molecule has 0 fully saturated rings. The molecule has 0 bridgehead atoms. The average molecular weight is 338 g/mol. The summed E-state index contributed by atoms with van der Waals surface area (Å²) in [6, 6.07) is 11.6. The maximum atomic E-state index is 12.4. The van der Waals surface area contributed by atoms with Crippen LogP contribution in [0.25, 0.3) is 0 Å². The van der Waals surface area contributed by atoms with Crippen LogP contribution in [0.1, 0.15) is 46.4 Å². The Morgan fingerprint density at radius 3 is 2.60 bits per heavy atom. The third-order valence-corrected chi connectivity index (χ3v) is 3.59. The zero-order chi connectivity index (χ0) is 17.8. The number of aromatic amines is 1. The monoisotopic (exact) mass is 338 g/mol. The van der Waals surface area contributed by atoms with Crippen molar-refractivity contribution in [3.05, 3.63) is 65.7 Å². The maximum Gasteiger partial charge on any atom is 0.291 e. The lowest BCUT2D eigenvalue weighted by atomic mass is 10.1. The van der Waals surface area contributed by atoms with E-state index in [-0.39, 0.29) is 17.6 Å². The van der Waals surface area contributed by atoms with E-state index in [1.165, 1.54) is 6.26 Å². The minimum Gasteiger partial charge on any atom is -0.459 e. The predicted molar refractivity (Wildman–Crippen MR) is 93.7 cm³/mol. The van der Waals surface area contributed by atoms with Gasteiger partial charge in [0.05, 0.1) is 6.26 Å². The highest BCUT2D eigenvalue weighted by molar-refractivity contribution is 6.06. The molecule has 0 aliphatic heterocycles. The predicted octanol–water partition coefficient (Wildman–Crippen LogP) is 3.63. The second-order valence-electron chi connectivity index (χ2n) is 5.83. The van der Waals surface area contributed by atoms with Gasteiger partial charge in [-0.25, -0.2) is 0 Å². The molecule has 0 saturated heterocycles. The zero-order valence-corrected chi connectivity index (χ0v) is 13.9. The van der Waals surface area contributed by atoms with Gasteiger partial charge in [0.2, 0.25) is 0 Å². The van der Waals surface area contributed by atoms with Crippen molar-refractivity contribution in [2.45, 2.75) is 19.8 Å². The molecule has 1 aromatic carbocycles. The number of hydrogen-bond donors (Lipinski definition) is 3. The number of rotatable bonds is 5. The Labute approximate surface area is 144 Å². The Hall–Kier alpha value is -3.35. The molecule has 2 heterocycles. The molecule has 0 aliphatic rings. The Morgan fingerprint density at radius 1 is 1.08 bits per heavy atom. The number of carbonyl (C=O) groups is 2. The molecule has 0 saturated carbocycles. The fourth-order valence-corrected chi connectivity index (χ4v) is 2.22. The molecule has 3 aromatic rings. The van der Waals surface area contributed by atoms with Crippen LogP contribution in [0.15, 0.2) is 53.1 Å². The van der Waals surface area contributed by atoms with Gasteiger partial charge in [-0.1, -0.05) is 19.9 Å². The van der Waals surface area contributed by atoms with E-state index in [9.17, 15) is 9.59 Å². The van der Waals surface area contributed by atoms with Crippen molar-refractivity contribution >= 4 is 23.3 Å². The van der Waals surface area contributed by atoms with Gasteiger partial charge in [-0.15, -0.1) is 0 Å². The normalized spacial score (nSPS) is 10.7. The fraction of sp³-hybridized carbons (Fsp3) is 0.167. The van der Waals surface area contributed by atoms with Crippen LogP contribution in [0.2, 0.25) is 0 Å². The van der Waals surface area contributed by atoms with E-state index in [0.29, 0.717) is 23.0 Å². The number of amides is 2. The molecule has 128 valence electrons. The number of anilines is 2. The molecule has 3 rings (SSSR count). The number of H-pyrrole nitrogens is 1. The van der Waals surface area contributed by atoms with Crippen LogP contribution in [0, 0.1) is 0 Å². The number of hydrogen-bond acceptors (Lipinski definition) is 4. The number of benzene rings is 1. The van der Waals surface area contributed by atoms with Gasteiger partial charge < -0.3 is 15.1 Å². The highest BCUT2D eigenvalue weighted by atomic mass is 16.3. The first-order chi connectivity index (χ1) is 12.0. The lowest BCUT2D eigenvalue weighted by molar-refractivity contribution is 0.0993. The molecule has 3 N–H and O–H groups in total. The molecular weight excluding hydrogens is 320 g/mol. The summed E-state index contributed by atoms with van der Waals surface area (Å²) in [4.78, 5) is 24.4. The lowest BCUT2D eigenvalue weighted by Crippen LogP contribution is -2.14. The second kappa shape index (κ2) is 7.04. The van der Waals surface area contributed by atoms with E-state index in [0.717, 1.165) is 5.69 Å². The number of furan rings is 1. The van der Waals surface area contributed by atoms with Gasteiger partial charge in [0, 0.05) is 23.0 Å². The van der Waals surface area contributed by atoms with Crippen molar-refractivity contribution in [1.29, 1.82) is 0 Å². The minimum atomic E-state index is -0.378. The highest BCUT2D eigenvalue weighted by Gasteiger charge is 2.12.